The molecular formula is C21H24FN5O2S. The second kappa shape index (κ2) is 9.62. The zero-order chi connectivity index (χ0) is 21.7. The van der Waals surface area contributed by atoms with Gasteiger partial charge in [0.2, 0.25) is 11.1 Å². The lowest BCUT2D eigenvalue weighted by Gasteiger charge is -2.16. The minimum Gasteiger partial charge on any atom is -0.482 e. The van der Waals surface area contributed by atoms with Crippen molar-refractivity contribution >= 4 is 23.4 Å². The molecule has 0 aliphatic rings. The highest BCUT2D eigenvalue weighted by atomic mass is 32.2. The van der Waals surface area contributed by atoms with Crippen LogP contribution in [-0.2, 0) is 11.4 Å². The Labute approximate surface area is 178 Å². The number of hydrogen-bond acceptors (Lipinski definition) is 6. The van der Waals surface area contributed by atoms with Crippen molar-refractivity contribution < 1.29 is 13.9 Å². The summed E-state index contributed by atoms with van der Waals surface area (Å²) in [6.07, 6.45) is 0. The van der Waals surface area contributed by atoms with Crippen LogP contribution in [0.1, 0.15) is 36.7 Å². The Morgan fingerprint density at radius 1 is 1.23 bits per heavy atom. The summed E-state index contributed by atoms with van der Waals surface area (Å²) in [6.45, 7) is 6.09. The van der Waals surface area contributed by atoms with Gasteiger partial charge < -0.3 is 15.9 Å². The van der Waals surface area contributed by atoms with Gasteiger partial charge >= 0.3 is 0 Å². The summed E-state index contributed by atoms with van der Waals surface area (Å²) in [6, 6.07) is 12.0. The molecule has 0 aliphatic heterocycles. The van der Waals surface area contributed by atoms with Gasteiger partial charge in [0.1, 0.15) is 6.61 Å². The molecule has 1 heterocycles. The lowest BCUT2D eigenvalue weighted by molar-refractivity contribution is -0.113. The highest BCUT2D eigenvalue weighted by molar-refractivity contribution is 7.99. The maximum Gasteiger partial charge on any atom is 0.234 e. The maximum atomic E-state index is 13.6. The van der Waals surface area contributed by atoms with Crippen LogP contribution in [0.5, 0.6) is 5.75 Å². The van der Waals surface area contributed by atoms with Gasteiger partial charge in [0.15, 0.2) is 17.4 Å². The van der Waals surface area contributed by atoms with E-state index in [9.17, 15) is 9.18 Å². The number of amides is 1. The Hall–Kier alpha value is -3.07. The van der Waals surface area contributed by atoms with Crippen molar-refractivity contribution in [1.82, 2.24) is 14.9 Å². The number of aryl methyl sites for hydroxylation is 1. The third-order valence-corrected chi connectivity index (χ3v) is 5.40. The van der Waals surface area contributed by atoms with Gasteiger partial charge in [-0.05, 0) is 36.1 Å². The summed E-state index contributed by atoms with van der Waals surface area (Å²) in [7, 11) is 0. The van der Waals surface area contributed by atoms with Crippen LogP contribution < -0.4 is 15.9 Å². The van der Waals surface area contributed by atoms with Crippen LogP contribution in [0.2, 0.25) is 0 Å². The molecule has 30 heavy (non-hydrogen) atoms. The Morgan fingerprint density at radius 2 is 2.00 bits per heavy atom. The number of carbonyl (C=O) groups is 1. The molecule has 7 nitrogen and oxygen atoms in total. The minimum absolute atomic E-state index is 0.0435. The third kappa shape index (κ3) is 5.10. The quantitative estimate of drug-likeness (QED) is 0.417. The molecule has 1 amide bonds. The largest absolute Gasteiger partial charge is 0.482 e. The second-order valence-electron chi connectivity index (χ2n) is 7.02. The minimum atomic E-state index is -0.469. The maximum absolute atomic E-state index is 13.6. The number of nitrogen functional groups attached to an aromatic ring is 1. The number of halogens is 1. The average molecular weight is 430 g/mol. The van der Waals surface area contributed by atoms with Crippen LogP contribution in [-0.4, -0.2) is 26.5 Å². The Morgan fingerprint density at radius 3 is 2.73 bits per heavy atom. The highest BCUT2D eigenvalue weighted by Crippen LogP contribution is 2.28. The molecule has 2 aromatic carbocycles. The van der Waals surface area contributed by atoms with E-state index in [2.05, 4.69) is 29.4 Å². The molecule has 9 heteroatoms. The van der Waals surface area contributed by atoms with E-state index >= 15 is 0 Å². The molecule has 0 radical (unpaired) electrons. The number of anilines is 1. The zero-order valence-electron chi connectivity index (χ0n) is 17.1. The van der Waals surface area contributed by atoms with Crippen LogP contribution in [0.25, 0.3) is 0 Å². The summed E-state index contributed by atoms with van der Waals surface area (Å²) in [5.41, 5.74) is 2.93. The van der Waals surface area contributed by atoms with Crippen molar-refractivity contribution in [2.24, 2.45) is 0 Å². The van der Waals surface area contributed by atoms with Gasteiger partial charge in [-0.15, -0.1) is 10.2 Å². The lowest BCUT2D eigenvalue weighted by atomic mass is 9.98. The van der Waals surface area contributed by atoms with Gasteiger partial charge in [0.05, 0.1) is 5.75 Å². The second-order valence-corrected chi connectivity index (χ2v) is 7.96. The fourth-order valence-electron chi connectivity index (χ4n) is 2.86. The summed E-state index contributed by atoms with van der Waals surface area (Å²) in [5.74, 6) is 6.20. The van der Waals surface area contributed by atoms with Crippen LogP contribution in [0.3, 0.4) is 0 Å². The van der Waals surface area contributed by atoms with Crippen molar-refractivity contribution in [2.75, 3.05) is 16.9 Å². The standard InChI is InChI=1S/C21H24FN5O2S/c1-13(2)15-8-6-7-14(3)20(15)24-19(28)12-30-21-26-25-18(27(21)23)11-29-17-10-5-4-9-16(17)22/h4-10,13H,11-12,23H2,1-3H3,(H,24,28). The fraction of sp³-hybridized carbons (Fsp3) is 0.286. The van der Waals surface area contributed by atoms with E-state index in [4.69, 9.17) is 10.6 Å². The number of nitrogens with two attached hydrogens (primary N) is 1. The molecule has 0 aliphatic carbocycles. The number of thioether (sulfide) groups is 1. The van der Waals surface area contributed by atoms with Crippen LogP contribution >= 0.6 is 11.8 Å². The number of rotatable bonds is 8. The smallest absolute Gasteiger partial charge is 0.234 e. The van der Waals surface area contributed by atoms with Gasteiger partial charge in [-0.1, -0.05) is 55.9 Å². The van der Waals surface area contributed by atoms with Crippen molar-refractivity contribution in [3.63, 3.8) is 0 Å². The van der Waals surface area contributed by atoms with Crippen molar-refractivity contribution in [3.05, 3.63) is 65.2 Å². The number of hydrogen-bond donors (Lipinski definition) is 2. The molecule has 1 aromatic heterocycles. The molecule has 158 valence electrons. The Balaban J connectivity index is 1.59. The topological polar surface area (TPSA) is 95.1 Å². The van der Waals surface area contributed by atoms with E-state index in [1.807, 2.05) is 25.1 Å². The van der Waals surface area contributed by atoms with E-state index < -0.39 is 5.82 Å². The first-order valence-corrected chi connectivity index (χ1v) is 10.4. The fourth-order valence-corrected chi connectivity index (χ4v) is 3.53. The number of ether oxygens (including phenoxy) is 1. The molecule has 0 unspecified atom stereocenters. The monoisotopic (exact) mass is 429 g/mol. The first-order valence-electron chi connectivity index (χ1n) is 9.45. The van der Waals surface area contributed by atoms with Crippen molar-refractivity contribution in [1.29, 1.82) is 0 Å². The predicted molar refractivity (Wildman–Crippen MR) is 116 cm³/mol. The molecule has 0 saturated carbocycles. The molecule has 0 saturated heterocycles. The van der Waals surface area contributed by atoms with E-state index in [1.165, 1.54) is 16.8 Å². The summed E-state index contributed by atoms with van der Waals surface area (Å²) < 4.78 is 20.3. The Bertz CT molecular complexity index is 1040. The van der Waals surface area contributed by atoms with Crippen LogP contribution in [0.4, 0.5) is 10.1 Å². The summed E-state index contributed by atoms with van der Waals surface area (Å²) >= 11 is 1.16. The molecule has 0 fully saturated rings. The normalized spacial score (nSPS) is 11.0. The van der Waals surface area contributed by atoms with Gasteiger partial charge in [-0.25, -0.2) is 9.07 Å². The molecule has 0 atom stereocenters. The van der Waals surface area contributed by atoms with E-state index in [0.717, 1.165) is 28.6 Å². The third-order valence-electron chi connectivity index (χ3n) is 4.45. The summed E-state index contributed by atoms with van der Waals surface area (Å²) in [5, 5.41) is 11.3. The number of benzene rings is 2. The van der Waals surface area contributed by atoms with Gasteiger partial charge in [-0.3, -0.25) is 4.79 Å². The molecular weight excluding hydrogens is 405 g/mol. The van der Waals surface area contributed by atoms with Crippen LogP contribution in [0, 0.1) is 12.7 Å². The number of carbonyl (C=O) groups excluding carboxylic acids is 1. The number of nitrogens with zero attached hydrogens (tertiary/aromatic N) is 3. The molecule has 3 N–H and O–H groups in total. The van der Waals surface area contributed by atoms with E-state index in [0.29, 0.717) is 11.0 Å². The average Bonchev–Trinajstić information content (AvgIpc) is 3.06. The lowest BCUT2D eigenvalue weighted by Crippen LogP contribution is -2.19. The highest BCUT2D eigenvalue weighted by Gasteiger charge is 2.16. The molecule has 3 rings (SSSR count). The van der Waals surface area contributed by atoms with Crippen LogP contribution in [0.15, 0.2) is 47.6 Å². The Kier molecular flexibility index (Phi) is 6.94. The van der Waals surface area contributed by atoms with E-state index in [-0.39, 0.29) is 29.9 Å². The summed E-state index contributed by atoms with van der Waals surface area (Å²) in [4.78, 5) is 12.5. The number of nitrogens with one attached hydrogen (secondary N) is 1. The predicted octanol–water partition coefficient (Wildman–Crippen LogP) is 3.87. The first kappa shape index (κ1) is 21.6. The zero-order valence-corrected chi connectivity index (χ0v) is 17.9. The SMILES string of the molecule is Cc1cccc(C(C)C)c1NC(=O)CSc1nnc(COc2ccccc2F)n1N. The first-order chi connectivity index (χ1) is 14.4. The van der Waals surface area contributed by atoms with E-state index in [1.54, 1.807) is 12.1 Å². The van der Waals surface area contributed by atoms with Gasteiger partial charge in [-0.2, -0.15) is 0 Å². The molecule has 3 aromatic rings. The van der Waals surface area contributed by atoms with Crippen molar-refractivity contribution in [3.8, 4) is 5.75 Å². The molecule has 0 spiro atoms. The number of para-hydroxylation sites is 2. The van der Waals surface area contributed by atoms with Gasteiger partial charge in [0, 0.05) is 5.69 Å². The number of aromatic nitrogens is 3. The van der Waals surface area contributed by atoms with Gasteiger partial charge in [0.25, 0.3) is 0 Å². The molecule has 0 bridgehead atoms. The van der Waals surface area contributed by atoms with Crippen molar-refractivity contribution in [2.45, 2.75) is 38.5 Å².